The number of esters is 1. The summed E-state index contributed by atoms with van der Waals surface area (Å²) in [6, 6.07) is 4.81. The molecule has 0 spiro atoms. The first-order chi connectivity index (χ1) is 9.56. The van der Waals surface area contributed by atoms with Crippen molar-refractivity contribution in [1.82, 2.24) is 0 Å². The third kappa shape index (κ3) is 2.94. The molecule has 5 nitrogen and oxygen atoms in total. The van der Waals surface area contributed by atoms with Crippen LogP contribution in [0.2, 0.25) is 5.02 Å². The largest absolute Gasteiger partial charge is 0.462 e. The minimum Gasteiger partial charge on any atom is -0.462 e. The Kier molecular flexibility index (Phi) is 4.62. The molecule has 1 aliphatic rings. The summed E-state index contributed by atoms with van der Waals surface area (Å²) in [7, 11) is 0. The smallest absolute Gasteiger partial charge is 0.339 e. The summed E-state index contributed by atoms with van der Waals surface area (Å²) < 4.78 is 4.93. The van der Waals surface area contributed by atoms with E-state index in [1.165, 1.54) is 0 Å². The van der Waals surface area contributed by atoms with E-state index in [2.05, 4.69) is 0 Å². The lowest BCUT2D eigenvalue weighted by Crippen LogP contribution is -2.25. The predicted octanol–water partition coefficient (Wildman–Crippen LogP) is 1.86. The standard InChI is InChI=1S/C14H16ClNO4/c1-2-20-14(19)11-6-10(3-4-12(11)15)16-7-9(8-17)5-13(16)18/h3-4,6,9,17H,2,5,7-8H2,1H3. The van der Waals surface area contributed by atoms with Gasteiger partial charge in [0.15, 0.2) is 0 Å². The van der Waals surface area contributed by atoms with E-state index in [9.17, 15) is 9.59 Å². The summed E-state index contributed by atoms with van der Waals surface area (Å²) in [5.41, 5.74) is 0.838. The number of carbonyl (C=O) groups is 2. The van der Waals surface area contributed by atoms with Gasteiger partial charge in [0.2, 0.25) is 5.91 Å². The molecule has 1 amide bonds. The third-order valence-electron chi connectivity index (χ3n) is 3.22. The molecule has 1 saturated heterocycles. The highest BCUT2D eigenvalue weighted by molar-refractivity contribution is 6.33. The molecule has 1 atom stereocenters. The zero-order valence-electron chi connectivity index (χ0n) is 11.1. The molecule has 6 heteroatoms. The number of nitrogens with zero attached hydrogens (tertiary/aromatic N) is 1. The number of hydrogen-bond acceptors (Lipinski definition) is 4. The van der Waals surface area contributed by atoms with Crippen LogP contribution in [-0.2, 0) is 9.53 Å². The molecule has 1 N–H and O–H groups in total. The molecule has 0 aromatic heterocycles. The zero-order valence-corrected chi connectivity index (χ0v) is 11.9. The number of ether oxygens (including phenoxy) is 1. The number of carbonyl (C=O) groups excluding carboxylic acids is 2. The van der Waals surface area contributed by atoms with Gasteiger partial charge in [-0.3, -0.25) is 4.79 Å². The highest BCUT2D eigenvalue weighted by Crippen LogP contribution is 2.28. The van der Waals surface area contributed by atoms with Crippen LogP contribution in [0.15, 0.2) is 18.2 Å². The number of halogens is 1. The van der Waals surface area contributed by atoms with Crippen LogP contribution in [0.25, 0.3) is 0 Å². The van der Waals surface area contributed by atoms with E-state index in [0.29, 0.717) is 18.7 Å². The SMILES string of the molecule is CCOC(=O)c1cc(N2CC(CO)CC2=O)ccc1Cl. The maximum Gasteiger partial charge on any atom is 0.339 e. The van der Waals surface area contributed by atoms with Crippen molar-refractivity contribution in [2.24, 2.45) is 5.92 Å². The molecule has 0 radical (unpaired) electrons. The normalized spacial score (nSPS) is 18.4. The van der Waals surface area contributed by atoms with Gasteiger partial charge in [-0.25, -0.2) is 4.79 Å². The van der Waals surface area contributed by atoms with E-state index in [0.717, 1.165) is 0 Å². The van der Waals surface area contributed by atoms with Gasteiger partial charge in [0, 0.05) is 31.2 Å². The first-order valence-electron chi connectivity index (χ1n) is 6.44. The van der Waals surface area contributed by atoms with Crippen molar-refractivity contribution in [3.05, 3.63) is 28.8 Å². The molecule has 0 saturated carbocycles. The molecule has 1 fully saturated rings. The van der Waals surface area contributed by atoms with Crippen molar-refractivity contribution in [2.45, 2.75) is 13.3 Å². The van der Waals surface area contributed by atoms with Crippen LogP contribution in [0, 0.1) is 5.92 Å². The average molecular weight is 298 g/mol. The summed E-state index contributed by atoms with van der Waals surface area (Å²) in [5.74, 6) is -0.643. The number of aliphatic hydroxyl groups excluding tert-OH is 1. The van der Waals surface area contributed by atoms with Crippen LogP contribution < -0.4 is 4.90 Å². The van der Waals surface area contributed by atoms with Gasteiger partial charge >= 0.3 is 5.97 Å². The Hall–Kier alpha value is -1.59. The van der Waals surface area contributed by atoms with E-state index in [4.69, 9.17) is 21.4 Å². The molecular formula is C14H16ClNO4. The molecule has 1 aliphatic heterocycles. The van der Waals surface area contributed by atoms with Crippen molar-refractivity contribution in [2.75, 3.05) is 24.7 Å². The molecular weight excluding hydrogens is 282 g/mol. The van der Waals surface area contributed by atoms with E-state index in [-0.39, 0.29) is 35.6 Å². The molecule has 20 heavy (non-hydrogen) atoms. The maximum atomic E-state index is 11.9. The molecule has 0 aliphatic carbocycles. The van der Waals surface area contributed by atoms with Gasteiger partial charge < -0.3 is 14.7 Å². The average Bonchev–Trinajstić information content (AvgIpc) is 2.81. The van der Waals surface area contributed by atoms with Crippen LogP contribution in [0.3, 0.4) is 0 Å². The second-order valence-corrected chi connectivity index (χ2v) is 5.05. The fraction of sp³-hybridized carbons (Fsp3) is 0.429. The highest BCUT2D eigenvalue weighted by Gasteiger charge is 2.30. The minimum atomic E-state index is -0.510. The number of rotatable bonds is 4. The summed E-state index contributed by atoms with van der Waals surface area (Å²) in [6.07, 6.45) is 0.313. The number of amides is 1. The number of aliphatic hydroxyl groups is 1. The molecule has 0 bridgehead atoms. The van der Waals surface area contributed by atoms with Gasteiger partial charge in [-0.05, 0) is 25.1 Å². The third-order valence-corrected chi connectivity index (χ3v) is 3.55. The molecule has 108 valence electrons. The van der Waals surface area contributed by atoms with Crippen LogP contribution in [0.4, 0.5) is 5.69 Å². The monoisotopic (exact) mass is 297 g/mol. The van der Waals surface area contributed by atoms with Gasteiger partial charge in [-0.2, -0.15) is 0 Å². The van der Waals surface area contributed by atoms with Gasteiger partial charge in [0.05, 0.1) is 17.2 Å². The Balaban J connectivity index is 2.28. The molecule has 1 heterocycles. The Bertz CT molecular complexity index is 532. The van der Waals surface area contributed by atoms with Crippen LogP contribution in [0.1, 0.15) is 23.7 Å². The second-order valence-electron chi connectivity index (χ2n) is 4.64. The quantitative estimate of drug-likeness (QED) is 0.862. The predicted molar refractivity (Wildman–Crippen MR) is 75.0 cm³/mol. The Morgan fingerprint density at radius 2 is 2.30 bits per heavy atom. The lowest BCUT2D eigenvalue weighted by molar-refractivity contribution is -0.117. The minimum absolute atomic E-state index is 0.0272. The van der Waals surface area contributed by atoms with E-state index in [1.54, 1.807) is 30.0 Å². The maximum absolute atomic E-state index is 11.9. The summed E-state index contributed by atoms with van der Waals surface area (Å²) in [5, 5.41) is 9.42. The number of hydrogen-bond donors (Lipinski definition) is 1. The summed E-state index contributed by atoms with van der Waals surface area (Å²) in [6.45, 7) is 2.39. The van der Waals surface area contributed by atoms with Crippen molar-refractivity contribution in [3.8, 4) is 0 Å². The van der Waals surface area contributed by atoms with E-state index < -0.39 is 5.97 Å². The van der Waals surface area contributed by atoms with Crippen molar-refractivity contribution < 1.29 is 19.4 Å². The summed E-state index contributed by atoms with van der Waals surface area (Å²) in [4.78, 5) is 25.2. The Morgan fingerprint density at radius 3 is 2.90 bits per heavy atom. The molecule has 1 aromatic carbocycles. The lowest BCUT2D eigenvalue weighted by Gasteiger charge is -2.17. The van der Waals surface area contributed by atoms with Crippen molar-refractivity contribution in [1.29, 1.82) is 0 Å². The number of anilines is 1. The zero-order chi connectivity index (χ0) is 14.7. The fourth-order valence-corrected chi connectivity index (χ4v) is 2.39. The topological polar surface area (TPSA) is 66.8 Å². The van der Waals surface area contributed by atoms with Crippen molar-refractivity contribution in [3.63, 3.8) is 0 Å². The van der Waals surface area contributed by atoms with Gasteiger partial charge in [-0.15, -0.1) is 0 Å². The van der Waals surface area contributed by atoms with E-state index in [1.807, 2.05) is 0 Å². The van der Waals surface area contributed by atoms with E-state index >= 15 is 0 Å². The van der Waals surface area contributed by atoms with Gasteiger partial charge in [0.25, 0.3) is 0 Å². The first-order valence-corrected chi connectivity index (χ1v) is 6.82. The van der Waals surface area contributed by atoms with Crippen LogP contribution >= 0.6 is 11.6 Å². The van der Waals surface area contributed by atoms with Crippen molar-refractivity contribution >= 4 is 29.2 Å². The lowest BCUT2D eigenvalue weighted by atomic mass is 10.1. The summed E-state index contributed by atoms with van der Waals surface area (Å²) >= 11 is 5.98. The van der Waals surface area contributed by atoms with Crippen LogP contribution in [0.5, 0.6) is 0 Å². The van der Waals surface area contributed by atoms with Gasteiger partial charge in [0.1, 0.15) is 0 Å². The Morgan fingerprint density at radius 1 is 1.55 bits per heavy atom. The van der Waals surface area contributed by atoms with Gasteiger partial charge in [-0.1, -0.05) is 11.6 Å². The highest BCUT2D eigenvalue weighted by atomic mass is 35.5. The Labute approximate surface area is 122 Å². The fourth-order valence-electron chi connectivity index (χ4n) is 2.20. The molecule has 1 aromatic rings. The molecule has 2 rings (SSSR count). The number of benzene rings is 1. The second kappa shape index (κ2) is 6.24. The molecule has 1 unspecified atom stereocenters. The first kappa shape index (κ1) is 14.8. The van der Waals surface area contributed by atoms with Crippen LogP contribution in [-0.4, -0.2) is 36.7 Å².